The van der Waals surface area contributed by atoms with Crippen molar-refractivity contribution in [2.75, 3.05) is 34.9 Å². The first-order valence-corrected chi connectivity index (χ1v) is 12.7. The van der Waals surface area contributed by atoms with Gasteiger partial charge in [-0.05, 0) is 62.0 Å². The molecule has 0 aliphatic heterocycles. The van der Waals surface area contributed by atoms with Crippen molar-refractivity contribution in [2.45, 2.75) is 31.6 Å². The molecular weight excluding hydrogens is 464 g/mol. The average Bonchev–Trinajstić information content (AvgIpc) is 3.29. The van der Waals surface area contributed by atoms with Gasteiger partial charge in [-0.3, -0.25) is 4.68 Å². The molecule has 0 amide bonds. The van der Waals surface area contributed by atoms with E-state index < -0.39 is 10.0 Å². The number of ether oxygens (including phenoxy) is 2. The van der Waals surface area contributed by atoms with Crippen LogP contribution in [0.15, 0.2) is 66.2 Å². The van der Waals surface area contributed by atoms with Crippen LogP contribution in [-0.2, 0) is 29.7 Å². The van der Waals surface area contributed by atoms with Gasteiger partial charge in [0.05, 0.1) is 26.5 Å². The van der Waals surface area contributed by atoms with Gasteiger partial charge in [0.25, 0.3) is 10.0 Å². The van der Waals surface area contributed by atoms with Gasteiger partial charge in [-0.15, -0.1) is 0 Å². The summed E-state index contributed by atoms with van der Waals surface area (Å²) < 4.78 is 41.4. The Morgan fingerprint density at radius 2 is 1.43 bits per heavy atom. The van der Waals surface area contributed by atoms with Gasteiger partial charge in [-0.1, -0.05) is 30.8 Å². The van der Waals surface area contributed by atoms with E-state index in [2.05, 4.69) is 11.7 Å². The lowest BCUT2D eigenvalue weighted by atomic mass is 10.2. The van der Waals surface area contributed by atoms with Crippen LogP contribution in [-0.4, -0.2) is 62.3 Å². The highest BCUT2D eigenvalue weighted by molar-refractivity contribution is 7.89. The summed E-state index contributed by atoms with van der Waals surface area (Å²) in [5, 5.41) is 4.50. The van der Waals surface area contributed by atoms with Crippen LogP contribution in [0.3, 0.4) is 0 Å². The first kappa shape index (κ1) is 26.5. The monoisotopic (exact) mass is 498 g/mol. The molecule has 0 radical (unpaired) electrons. The van der Waals surface area contributed by atoms with Crippen molar-refractivity contribution in [1.82, 2.24) is 19.0 Å². The Labute approximate surface area is 208 Å². The molecule has 2 aromatic carbocycles. The number of nitrogens with zero attached hydrogens (tertiary/aromatic N) is 4. The minimum Gasteiger partial charge on any atom is -0.497 e. The fourth-order valence-electron chi connectivity index (χ4n) is 3.56. The summed E-state index contributed by atoms with van der Waals surface area (Å²) in [5.74, 6) is 1.42. The van der Waals surface area contributed by atoms with Gasteiger partial charge in [-0.25, -0.2) is 8.42 Å². The quantitative estimate of drug-likeness (QED) is 0.377. The molecule has 8 nitrogen and oxygen atoms in total. The SMILES string of the molecule is C=C(C)c1cc(S(=O)(=O)N(Cc2ccc(OC)cc2)Cc2ccc(OC)cc2)nn1CCN(C)C. The number of sulfonamides is 1. The zero-order chi connectivity index (χ0) is 25.6. The van der Waals surface area contributed by atoms with Gasteiger partial charge < -0.3 is 14.4 Å². The lowest BCUT2D eigenvalue weighted by molar-refractivity contribution is 0.368. The van der Waals surface area contributed by atoms with Gasteiger partial charge in [-0.2, -0.15) is 9.40 Å². The number of rotatable bonds is 12. The van der Waals surface area contributed by atoms with E-state index in [4.69, 9.17) is 9.47 Å². The predicted molar refractivity (Wildman–Crippen MR) is 138 cm³/mol. The molecule has 0 saturated heterocycles. The first-order chi connectivity index (χ1) is 16.6. The molecule has 0 atom stereocenters. The van der Waals surface area contributed by atoms with E-state index in [-0.39, 0.29) is 18.1 Å². The molecule has 0 fully saturated rings. The molecule has 1 aromatic heterocycles. The molecule has 1 heterocycles. The first-order valence-electron chi connectivity index (χ1n) is 11.3. The number of hydrogen-bond donors (Lipinski definition) is 0. The zero-order valence-corrected chi connectivity index (χ0v) is 21.9. The maximum Gasteiger partial charge on any atom is 0.263 e. The zero-order valence-electron chi connectivity index (χ0n) is 21.1. The molecule has 9 heteroatoms. The van der Waals surface area contributed by atoms with Crippen molar-refractivity contribution in [3.8, 4) is 11.5 Å². The van der Waals surface area contributed by atoms with Gasteiger partial charge >= 0.3 is 0 Å². The fourth-order valence-corrected chi connectivity index (χ4v) is 4.92. The summed E-state index contributed by atoms with van der Waals surface area (Å²) in [6.07, 6.45) is 0. The highest BCUT2D eigenvalue weighted by Crippen LogP contribution is 2.25. The maximum absolute atomic E-state index is 13.9. The molecule has 35 heavy (non-hydrogen) atoms. The van der Waals surface area contributed by atoms with E-state index in [0.29, 0.717) is 23.7 Å². The van der Waals surface area contributed by atoms with Crippen LogP contribution in [0.1, 0.15) is 23.7 Å². The number of aromatic nitrogens is 2. The Bertz CT molecular complexity index is 1180. The summed E-state index contributed by atoms with van der Waals surface area (Å²) in [4.78, 5) is 2.03. The summed E-state index contributed by atoms with van der Waals surface area (Å²) in [6, 6.07) is 16.4. The Hall–Kier alpha value is -3.14. The van der Waals surface area contributed by atoms with E-state index in [9.17, 15) is 8.42 Å². The van der Waals surface area contributed by atoms with E-state index in [1.165, 1.54) is 4.31 Å². The third-order valence-corrected chi connectivity index (χ3v) is 7.26. The lowest BCUT2D eigenvalue weighted by Gasteiger charge is -2.21. The Kier molecular flexibility index (Phi) is 8.71. The minimum atomic E-state index is -3.92. The number of likely N-dealkylation sites (N-methyl/N-ethyl adjacent to an activating group) is 1. The molecule has 0 bridgehead atoms. The lowest BCUT2D eigenvalue weighted by Crippen LogP contribution is -2.31. The molecule has 0 N–H and O–H groups in total. The number of methoxy groups -OCH3 is 2. The molecule has 0 aliphatic carbocycles. The molecule has 0 aliphatic rings. The van der Waals surface area contributed by atoms with Crippen molar-refractivity contribution in [1.29, 1.82) is 0 Å². The van der Waals surface area contributed by atoms with Gasteiger partial charge in [0.1, 0.15) is 11.5 Å². The maximum atomic E-state index is 13.9. The van der Waals surface area contributed by atoms with Crippen LogP contribution in [0.5, 0.6) is 11.5 Å². The third kappa shape index (κ3) is 6.72. The van der Waals surface area contributed by atoms with E-state index >= 15 is 0 Å². The summed E-state index contributed by atoms with van der Waals surface area (Å²) in [5.41, 5.74) is 3.15. The number of benzene rings is 2. The van der Waals surface area contributed by atoms with Gasteiger partial charge in [0, 0.05) is 25.7 Å². The summed E-state index contributed by atoms with van der Waals surface area (Å²) >= 11 is 0. The van der Waals surface area contributed by atoms with Crippen molar-refractivity contribution in [3.05, 3.63) is 78.0 Å². The minimum absolute atomic E-state index is 0.0104. The fraction of sp³-hybridized carbons (Fsp3) is 0.346. The van der Waals surface area contributed by atoms with Crippen LogP contribution < -0.4 is 9.47 Å². The predicted octanol–water partition coefficient (Wildman–Crippen LogP) is 3.89. The molecule has 188 valence electrons. The topological polar surface area (TPSA) is 76.9 Å². The van der Waals surface area contributed by atoms with Crippen LogP contribution in [0.2, 0.25) is 0 Å². The normalized spacial score (nSPS) is 11.7. The molecule has 0 unspecified atom stereocenters. The highest BCUT2D eigenvalue weighted by atomic mass is 32.2. The Balaban J connectivity index is 1.99. The summed E-state index contributed by atoms with van der Waals surface area (Å²) in [6.45, 7) is 7.52. The highest BCUT2D eigenvalue weighted by Gasteiger charge is 2.29. The molecule has 3 rings (SSSR count). The molecule has 0 saturated carbocycles. The molecule has 3 aromatic rings. The largest absolute Gasteiger partial charge is 0.497 e. The third-order valence-electron chi connectivity index (χ3n) is 5.59. The second-order valence-electron chi connectivity index (χ2n) is 8.64. The smallest absolute Gasteiger partial charge is 0.263 e. The van der Waals surface area contributed by atoms with Crippen LogP contribution in [0.4, 0.5) is 0 Å². The second kappa shape index (κ2) is 11.5. The Morgan fingerprint density at radius 1 is 0.943 bits per heavy atom. The van der Waals surface area contributed by atoms with Crippen molar-refractivity contribution >= 4 is 15.6 Å². The van der Waals surface area contributed by atoms with Crippen LogP contribution in [0, 0.1) is 0 Å². The average molecular weight is 499 g/mol. The van der Waals surface area contributed by atoms with Gasteiger partial charge in [0.2, 0.25) is 0 Å². The summed E-state index contributed by atoms with van der Waals surface area (Å²) in [7, 11) is 3.21. The molecular formula is C26H34N4O4S. The standard InChI is InChI=1S/C26H34N4O4S/c1-20(2)25-17-26(27-30(25)16-15-28(3)4)35(31,32)29(18-21-7-11-23(33-5)12-8-21)19-22-9-13-24(34-6)14-10-22/h7-14,17H,1,15-16,18-19H2,2-6H3. The van der Waals surface area contributed by atoms with Crippen LogP contribution in [0.25, 0.3) is 5.57 Å². The van der Waals surface area contributed by atoms with E-state index in [1.807, 2.05) is 74.4 Å². The van der Waals surface area contributed by atoms with Crippen molar-refractivity contribution in [2.24, 2.45) is 0 Å². The number of allylic oxidation sites excluding steroid dienone is 1. The van der Waals surface area contributed by atoms with Crippen molar-refractivity contribution in [3.63, 3.8) is 0 Å². The molecule has 0 spiro atoms. The van der Waals surface area contributed by atoms with E-state index in [1.54, 1.807) is 25.0 Å². The van der Waals surface area contributed by atoms with Crippen molar-refractivity contribution < 1.29 is 17.9 Å². The second-order valence-corrected chi connectivity index (χ2v) is 10.5. The number of hydrogen-bond acceptors (Lipinski definition) is 6. The Morgan fingerprint density at radius 3 is 1.83 bits per heavy atom. The van der Waals surface area contributed by atoms with Crippen LogP contribution >= 0.6 is 0 Å². The van der Waals surface area contributed by atoms with Gasteiger partial charge in [0.15, 0.2) is 5.03 Å². The van der Waals surface area contributed by atoms with E-state index in [0.717, 1.165) is 23.2 Å².